The summed E-state index contributed by atoms with van der Waals surface area (Å²) in [5, 5.41) is 16.6. The molecule has 0 fully saturated rings. The largest absolute Gasteiger partial charge is 0.457 e. The van der Waals surface area contributed by atoms with Gasteiger partial charge in [-0.25, -0.2) is 0 Å². The Hall–Kier alpha value is -6.40. The second kappa shape index (κ2) is 10.6. The fourth-order valence-electron chi connectivity index (χ4n) is 8.00. The topological polar surface area (TPSA) is 66.6 Å². The van der Waals surface area contributed by atoms with Gasteiger partial charge in [-0.2, -0.15) is 0 Å². The molecule has 49 heavy (non-hydrogen) atoms. The smallest absolute Gasteiger partial charge is 0.230 e. The van der Waals surface area contributed by atoms with Crippen molar-refractivity contribution in [3.05, 3.63) is 191 Å². The minimum Gasteiger partial charge on any atom is -0.457 e. The van der Waals surface area contributed by atoms with Crippen molar-refractivity contribution in [1.29, 1.82) is 0 Å². The van der Waals surface area contributed by atoms with Crippen molar-refractivity contribution < 1.29 is 9.47 Å². The van der Waals surface area contributed by atoms with Crippen LogP contribution in [0.5, 0.6) is 11.5 Å². The maximum Gasteiger partial charge on any atom is 0.230 e. The van der Waals surface area contributed by atoms with Crippen LogP contribution in [0.2, 0.25) is 0 Å². The van der Waals surface area contributed by atoms with E-state index in [9.17, 15) is 0 Å². The van der Waals surface area contributed by atoms with Gasteiger partial charge >= 0.3 is 0 Å². The predicted molar refractivity (Wildman–Crippen MR) is 193 cm³/mol. The Labute approximate surface area is 284 Å². The molecule has 4 aliphatic rings. The zero-order valence-electron chi connectivity index (χ0n) is 26.5. The normalized spacial score (nSPS) is 17.2. The van der Waals surface area contributed by atoms with E-state index in [4.69, 9.17) is 9.47 Å². The van der Waals surface area contributed by atoms with Crippen molar-refractivity contribution in [1.82, 2.24) is 21.3 Å². The first-order chi connectivity index (χ1) is 24.3. The van der Waals surface area contributed by atoms with Crippen LogP contribution in [0.15, 0.2) is 158 Å². The average Bonchev–Trinajstić information content (AvgIpc) is 3.72. The number of benzene rings is 6. The molecule has 4 N–H and O–H groups in total. The van der Waals surface area contributed by atoms with E-state index >= 15 is 0 Å². The second-order valence-electron chi connectivity index (χ2n) is 12.7. The molecule has 6 heteroatoms. The van der Waals surface area contributed by atoms with Crippen LogP contribution in [0.1, 0.15) is 33.4 Å². The Balaban J connectivity index is 1.29. The van der Waals surface area contributed by atoms with Crippen molar-refractivity contribution in [3.63, 3.8) is 0 Å². The third-order valence-electron chi connectivity index (χ3n) is 10.1. The highest BCUT2D eigenvalue weighted by Crippen LogP contribution is 2.60. The number of ether oxygens (including phenoxy) is 2. The summed E-state index contributed by atoms with van der Waals surface area (Å²) in [5.74, 6) is 1.57. The van der Waals surface area contributed by atoms with Gasteiger partial charge in [-0.3, -0.25) is 0 Å². The summed E-state index contributed by atoms with van der Waals surface area (Å²) < 4.78 is 12.6. The number of rotatable bonds is 4. The first-order valence-corrected chi connectivity index (χ1v) is 16.6. The van der Waals surface area contributed by atoms with Crippen molar-refractivity contribution in [2.75, 3.05) is 6.79 Å². The molecular weight excluding hydrogens is 604 g/mol. The molecule has 10 rings (SSSR count). The van der Waals surface area contributed by atoms with Crippen molar-refractivity contribution >= 4 is 22.8 Å². The molecule has 3 heterocycles. The Morgan fingerprint density at radius 3 is 0.959 bits per heavy atom. The Morgan fingerprint density at radius 2 is 0.653 bits per heavy atom. The number of nitrogens with one attached hydrogen (secondary N) is 4. The summed E-state index contributed by atoms with van der Waals surface area (Å²) in [6, 6.07) is 54.9. The van der Waals surface area contributed by atoms with Crippen LogP contribution in [0.25, 0.3) is 33.9 Å². The molecule has 0 amide bonds. The Morgan fingerprint density at radius 1 is 0.347 bits per heavy atom. The molecule has 0 radical (unpaired) electrons. The summed E-state index contributed by atoms with van der Waals surface area (Å²) in [4.78, 5) is 0. The molecule has 0 bridgehead atoms. The Bertz CT molecular complexity index is 2030. The zero-order valence-corrected chi connectivity index (χ0v) is 26.5. The minimum atomic E-state index is -0.968. The van der Waals surface area contributed by atoms with Gasteiger partial charge in [-0.15, -0.1) is 0 Å². The van der Waals surface area contributed by atoms with Gasteiger partial charge in [0.25, 0.3) is 0 Å². The summed E-state index contributed by atoms with van der Waals surface area (Å²) in [5.41, 5.74) is 10.5. The summed E-state index contributed by atoms with van der Waals surface area (Å²) in [7, 11) is 0. The third kappa shape index (κ3) is 3.94. The van der Waals surface area contributed by atoms with Crippen molar-refractivity contribution in [2.24, 2.45) is 0 Å². The molecular formula is C43H32N4O2. The SMILES string of the molecule is c1ccc(C2=C(c3ccccc3)NC3(N2)c2cccc4c2-c2c(cccc2C32NC(c3ccccc3)=C(c3ccccc3)N2)OCO4)cc1. The van der Waals surface area contributed by atoms with Gasteiger partial charge in [0, 0.05) is 22.3 Å². The first kappa shape index (κ1) is 27.7. The fraction of sp³-hybridized carbons (Fsp3) is 0.0698. The lowest BCUT2D eigenvalue weighted by atomic mass is 9.70. The standard InChI is InChI=1S/C43H32N4O2/c1-5-15-28(16-6-1)38-39(29-17-7-2-8-18-29)45-42(44-38)32-23-13-25-34-36(32)37-33(24-14-26-35(37)49-27-48-34)43(42)46-40(30-19-9-3-10-20-30)41(47-43)31-21-11-4-12-22-31/h1-26,44-47H,27H2. The summed E-state index contributed by atoms with van der Waals surface area (Å²) in [6.07, 6.45) is 0. The maximum absolute atomic E-state index is 6.32. The van der Waals surface area contributed by atoms with Crippen LogP contribution in [0.4, 0.5) is 0 Å². The maximum atomic E-state index is 6.32. The molecule has 6 aromatic rings. The highest BCUT2D eigenvalue weighted by atomic mass is 16.7. The van der Waals surface area contributed by atoms with Crippen LogP contribution in [0.3, 0.4) is 0 Å². The van der Waals surface area contributed by atoms with E-state index in [1.54, 1.807) is 0 Å². The number of fused-ring (bicyclic) bond motifs is 3. The monoisotopic (exact) mass is 636 g/mol. The van der Waals surface area contributed by atoms with E-state index in [0.717, 1.165) is 78.8 Å². The Kier molecular flexibility index (Phi) is 5.96. The van der Waals surface area contributed by atoms with Gasteiger partial charge in [0.15, 0.2) is 11.3 Å². The lowest BCUT2D eigenvalue weighted by Gasteiger charge is -2.52. The molecule has 0 saturated heterocycles. The second-order valence-corrected chi connectivity index (χ2v) is 12.7. The number of hydrogen-bond donors (Lipinski definition) is 4. The molecule has 6 aromatic carbocycles. The quantitative estimate of drug-likeness (QED) is 0.158. The van der Waals surface area contributed by atoms with Gasteiger partial charge in [0.05, 0.1) is 22.8 Å². The first-order valence-electron chi connectivity index (χ1n) is 16.6. The van der Waals surface area contributed by atoms with Crippen LogP contribution >= 0.6 is 0 Å². The van der Waals surface area contributed by atoms with Gasteiger partial charge in [-0.05, 0) is 34.4 Å². The average molecular weight is 637 g/mol. The third-order valence-corrected chi connectivity index (χ3v) is 10.1. The van der Waals surface area contributed by atoms with Gasteiger partial charge in [-0.1, -0.05) is 146 Å². The van der Waals surface area contributed by atoms with Crippen LogP contribution < -0.4 is 30.7 Å². The molecule has 0 aromatic heterocycles. The van der Waals surface area contributed by atoms with Gasteiger partial charge in [0.1, 0.15) is 11.5 Å². The van der Waals surface area contributed by atoms with Crippen LogP contribution in [-0.4, -0.2) is 6.79 Å². The molecule has 3 aliphatic heterocycles. The van der Waals surface area contributed by atoms with E-state index < -0.39 is 11.3 Å². The number of hydrogen-bond acceptors (Lipinski definition) is 6. The summed E-state index contributed by atoms with van der Waals surface area (Å²) >= 11 is 0. The predicted octanol–water partition coefficient (Wildman–Crippen LogP) is 7.84. The molecule has 6 nitrogen and oxygen atoms in total. The van der Waals surface area contributed by atoms with E-state index in [-0.39, 0.29) is 6.79 Å². The van der Waals surface area contributed by atoms with E-state index in [1.807, 2.05) is 12.1 Å². The van der Waals surface area contributed by atoms with Gasteiger partial charge in [0.2, 0.25) is 6.79 Å². The van der Waals surface area contributed by atoms with E-state index in [1.165, 1.54) is 0 Å². The summed E-state index contributed by atoms with van der Waals surface area (Å²) in [6.45, 7) is 0.125. The van der Waals surface area contributed by atoms with Crippen LogP contribution in [-0.2, 0) is 11.3 Å². The fourth-order valence-corrected chi connectivity index (χ4v) is 8.00. The van der Waals surface area contributed by atoms with Crippen molar-refractivity contribution in [3.8, 4) is 22.6 Å². The highest BCUT2D eigenvalue weighted by molar-refractivity contribution is 5.99. The minimum absolute atomic E-state index is 0.125. The van der Waals surface area contributed by atoms with Crippen LogP contribution in [0, 0.1) is 0 Å². The highest BCUT2D eigenvalue weighted by Gasteiger charge is 2.65. The molecule has 0 saturated carbocycles. The van der Waals surface area contributed by atoms with Gasteiger partial charge < -0.3 is 30.7 Å². The molecule has 0 atom stereocenters. The lowest BCUT2D eigenvalue weighted by molar-refractivity contribution is 0.124. The molecule has 2 spiro atoms. The van der Waals surface area contributed by atoms with E-state index in [2.05, 4.69) is 167 Å². The molecule has 236 valence electrons. The zero-order chi connectivity index (χ0) is 32.4. The molecule has 1 aliphatic carbocycles. The lowest BCUT2D eigenvalue weighted by Crippen LogP contribution is -2.72. The molecule has 0 unspecified atom stereocenters. The van der Waals surface area contributed by atoms with E-state index in [0.29, 0.717) is 0 Å². The van der Waals surface area contributed by atoms with Crippen molar-refractivity contribution in [2.45, 2.75) is 11.3 Å².